The molecule has 0 saturated heterocycles. The van der Waals surface area contributed by atoms with E-state index in [2.05, 4.69) is 4.98 Å². The standard InChI is InChI=1S/C14H13NO3/c1-2-17-13(16)7-9-8-18-12-4-3-11-10(14(9)12)5-6-15-11/h3-6,8,15H,2,7H2,1H3. The van der Waals surface area contributed by atoms with Crippen molar-refractivity contribution >= 4 is 27.8 Å². The number of ether oxygens (including phenoxy) is 1. The van der Waals surface area contributed by atoms with Crippen LogP contribution in [0, 0.1) is 0 Å². The number of esters is 1. The van der Waals surface area contributed by atoms with Crippen molar-refractivity contribution in [3.63, 3.8) is 0 Å². The third-order valence-electron chi connectivity index (χ3n) is 2.99. The third-order valence-corrected chi connectivity index (χ3v) is 2.99. The normalized spacial score (nSPS) is 11.2. The van der Waals surface area contributed by atoms with Gasteiger partial charge in [0.1, 0.15) is 5.58 Å². The van der Waals surface area contributed by atoms with Crippen LogP contribution in [0.1, 0.15) is 12.5 Å². The Balaban J connectivity index is 2.11. The van der Waals surface area contributed by atoms with Gasteiger partial charge in [-0.1, -0.05) is 0 Å². The number of aromatic nitrogens is 1. The van der Waals surface area contributed by atoms with Crippen LogP contribution in [-0.2, 0) is 16.0 Å². The van der Waals surface area contributed by atoms with E-state index in [9.17, 15) is 4.79 Å². The number of aromatic amines is 1. The van der Waals surface area contributed by atoms with Crippen molar-refractivity contribution < 1.29 is 13.9 Å². The molecule has 0 unspecified atom stereocenters. The van der Waals surface area contributed by atoms with Crippen molar-refractivity contribution in [3.05, 3.63) is 36.2 Å². The molecule has 2 heterocycles. The van der Waals surface area contributed by atoms with E-state index in [4.69, 9.17) is 9.15 Å². The van der Waals surface area contributed by atoms with Gasteiger partial charge in [0, 0.05) is 28.0 Å². The number of rotatable bonds is 3. The van der Waals surface area contributed by atoms with Crippen LogP contribution in [0.3, 0.4) is 0 Å². The second-order valence-corrected chi connectivity index (χ2v) is 4.12. The van der Waals surface area contributed by atoms with Gasteiger partial charge >= 0.3 is 5.97 Å². The number of H-pyrrole nitrogens is 1. The first-order valence-electron chi connectivity index (χ1n) is 5.91. The molecular formula is C14H13NO3. The van der Waals surface area contributed by atoms with Crippen LogP contribution in [0.4, 0.5) is 0 Å². The SMILES string of the molecule is CCOC(=O)Cc1coc2ccc3[nH]ccc3c12. The molecule has 0 fully saturated rings. The summed E-state index contributed by atoms with van der Waals surface area (Å²) in [5.74, 6) is -0.229. The highest BCUT2D eigenvalue weighted by atomic mass is 16.5. The van der Waals surface area contributed by atoms with Crippen molar-refractivity contribution in [1.82, 2.24) is 4.98 Å². The van der Waals surface area contributed by atoms with Gasteiger partial charge in [-0.3, -0.25) is 4.79 Å². The molecule has 0 atom stereocenters. The van der Waals surface area contributed by atoms with E-state index < -0.39 is 0 Å². The molecule has 92 valence electrons. The first kappa shape index (κ1) is 10.9. The number of benzene rings is 1. The average molecular weight is 243 g/mol. The molecule has 3 rings (SSSR count). The van der Waals surface area contributed by atoms with E-state index in [-0.39, 0.29) is 12.4 Å². The summed E-state index contributed by atoms with van der Waals surface area (Å²) in [4.78, 5) is 14.7. The number of fused-ring (bicyclic) bond motifs is 3. The molecule has 0 radical (unpaired) electrons. The lowest BCUT2D eigenvalue weighted by atomic mass is 10.1. The maximum Gasteiger partial charge on any atom is 0.310 e. The highest BCUT2D eigenvalue weighted by Gasteiger charge is 2.13. The van der Waals surface area contributed by atoms with Crippen molar-refractivity contribution in [3.8, 4) is 0 Å². The minimum absolute atomic E-state index is 0.229. The Morgan fingerprint density at radius 3 is 3.11 bits per heavy atom. The highest BCUT2D eigenvalue weighted by molar-refractivity contribution is 6.07. The summed E-state index contributed by atoms with van der Waals surface area (Å²) in [5.41, 5.74) is 2.70. The number of hydrogen-bond donors (Lipinski definition) is 1. The van der Waals surface area contributed by atoms with Crippen LogP contribution >= 0.6 is 0 Å². The molecule has 0 aliphatic rings. The lowest BCUT2D eigenvalue weighted by Crippen LogP contribution is -2.06. The summed E-state index contributed by atoms with van der Waals surface area (Å²) in [6.07, 6.45) is 3.75. The fraction of sp³-hybridized carbons (Fsp3) is 0.214. The molecule has 0 aliphatic carbocycles. The molecular weight excluding hydrogens is 230 g/mol. The number of nitrogens with one attached hydrogen (secondary N) is 1. The smallest absolute Gasteiger partial charge is 0.310 e. The van der Waals surface area contributed by atoms with E-state index in [1.54, 1.807) is 13.2 Å². The molecule has 1 aromatic carbocycles. The molecule has 1 N–H and O–H groups in total. The van der Waals surface area contributed by atoms with Crippen LogP contribution in [0.15, 0.2) is 35.1 Å². The van der Waals surface area contributed by atoms with Crippen molar-refractivity contribution in [2.75, 3.05) is 6.61 Å². The first-order chi connectivity index (χ1) is 8.79. The lowest BCUT2D eigenvalue weighted by Gasteiger charge is -2.00. The van der Waals surface area contributed by atoms with Gasteiger partial charge in [0.25, 0.3) is 0 Å². The number of hydrogen-bond acceptors (Lipinski definition) is 3. The van der Waals surface area contributed by atoms with Gasteiger partial charge in [-0.2, -0.15) is 0 Å². The average Bonchev–Trinajstić information content (AvgIpc) is 2.94. The van der Waals surface area contributed by atoms with Crippen molar-refractivity contribution in [2.24, 2.45) is 0 Å². The van der Waals surface area contributed by atoms with Crippen molar-refractivity contribution in [1.29, 1.82) is 0 Å². The van der Waals surface area contributed by atoms with Crippen LogP contribution in [0.25, 0.3) is 21.9 Å². The van der Waals surface area contributed by atoms with Crippen LogP contribution in [-0.4, -0.2) is 17.6 Å². The minimum Gasteiger partial charge on any atom is -0.466 e. The van der Waals surface area contributed by atoms with Gasteiger partial charge in [0.05, 0.1) is 19.3 Å². The van der Waals surface area contributed by atoms with Crippen LogP contribution in [0.5, 0.6) is 0 Å². The summed E-state index contributed by atoms with van der Waals surface area (Å²) >= 11 is 0. The molecule has 3 aromatic rings. The minimum atomic E-state index is -0.229. The predicted octanol–water partition coefficient (Wildman–Crippen LogP) is 3.02. The summed E-state index contributed by atoms with van der Waals surface area (Å²) in [7, 11) is 0. The summed E-state index contributed by atoms with van der Waals surface area (Å²) in [6.45, 7) is 2.20. The topological polar surface area (TPSA) is 55.2 Å². The van der Waals surface area contributed by atoms with E-state index >= 15 is 0 Å². The van der Waals surface area contributed by atoms with E-state index in [1.807, 2.05) is 24.4 Å². The maximum atomic E-state index is 11.6. The van der Waals surface area contributed by atoms with Gasteiger partial charge in [0.15, 0.2) is 0 Å². The zero-order chi connectivity index (χ0) is 12.5. The molecule has 18 heavy (non-hydrogen) atoms. The highest BCUT2D eigenvalue weighted by Crippen LogP contribution is 2.29. The van der Waals surface area contributed by atoms with Gasteiger partial charge in [-0.05, 0) is 25.1 Å². The van der Waals surface area contributed by atoms with Crippen LogP contribution in [0.2, 0.25) is 0 Å². The van der Waals surface area contributed by atoms with E-state index in [0.717, 1.165) is 27.4 Å². The third kappa shape index (κ3) is 1.66. The second-order valence-electron chi connectivity index (χ2n) is 4.12. The molecule has 0 aliphatic heterocycles. The summed E-state index contributed by atoms with van der Waals surface area (Å²) in [5, 5.41) is 2.06. The first-order valence-corrected chi connectivity index (χ1v) is 5.91. The molecule has 2 aromatic heterocycles. The van der Waals surface area contributed by atoms with E-state index in [1.165, 1.54) is 0 Å². The van der Waals surface area contributed by atoms with Crippen LogP contribution < -0.4 is 0 Å². The molecule has 0 saturated carbocycles. The fourth-order valence-corrected chi connectivity index (χ4v) is 2.23. The molecule has 4 nitrogen and oxygen atoms in total. The Labute approximate surface area is 104 Å². The molecule has 0 bridgehead atoms. The Kier molecular flexibility index (Phi) is 2.55. The quantitative estimate of drug-likeness (QED) is 0.719. The lowest BCUT2D eigenvalue weighted by molar-refractivity contribution is -0.142. The van der Waals surface area contributed by atoms with E-state index in [0.29, 0.717) is 6.61 Å². The molecule has 0 spiro atoms. The zero-order valence-corrected chi connectivity index (χ0v) is 10.0. The zero-order valence-electron chi connectivity index (χ0n) is 10.0. The fourth-order valence-electron chi connectivity index (χ4n) is 2.23. The monoisotopic (exact) mass is 243 g/mol. The van der Waals surface area contributed by atoms with Gasteiger partial charge in [0.2, 0.25) is 0 Å². The Hall–Kier alpha value is -2.23. The molecule has 0 amide bonds. The largest absolute Gasteiger partial charge is 0.466 e. The summed E-state index contributed by atoms with van der Waals surface area (Å²) in [6, 6.07) is 5.86. The molecule has 4 heteroatoms. The second kappa shape index (κ2) is 4.22. The van der Waals surface area contributed by atoms with Gasteiger partial charge < -0.3 is 14.1 Å². The number of carbonyl (C=O) groups is 1. The predicted molar refractivity (Wildman–Crippen MR) is 68.4 cm³/mol. The van der Waals surface area contributed by atoms with Gasteiger partial charge in [-0.15, -0.1) is 0 Å². The maximum absolute atomic E-state index is 11.6. The number of furan rings is 1. The summed E-state index contributed by atoms with van der Waals surface area (Å²) < 4.78 is 10.5. The van der Waals surface area contributed by atoms with Crippen molar-refractivity contribution in [2.45, 2.75) is 13.3 Å². The Bertz CT molecular complexity index is 708. The van der Waals surface area contributed by atoms with Gasteiger partial charge in [-0.25, -0.2) is 0 Å². The number of carbonyl (C=O) groups excluding carboxylic acids is 1. The Morgan fingerprint density at radius 2 is 2.28 bits per heavy atom. The Morgan fingerprint density at radius 1 is 1.39 bits per heavy atom.